The second-order valence-electron chi connectivity index (χ2n) is 4.33. The Morgan fingerprint density at radius 3 is 2.47 bits per heavy atom. The minimum atomic E-state index is 0.115. The van der Waals surface area contributed by atoms with Gasteiger partial charge in [-0.25, -0.2) is 0 Å². The van der Waals surface area contributed by atoms with Gasteiger partial charge in [0.2, 0.25) is 0 Å². The number of allylic oxidation sites excluding steroid dienone is 4. The van der Waals surface area contributed by atoms with Gasteiger partial charge in [-0.05, 0) is 27.9 Å². The van der Waals surface area contributed by atoms with E-state index in [4.69, 9.17) is 0 Å². The van der Waals surface area contributed by atoms with E-state index in [0.29, 0.717) is 6.54 Å². The molecule has 0 bridgehead atoms. The van der Waals surface area contributed by atoms with Crippen LogP contribution in [0.4, 0.5) is 0 Å². The highest BCUT2D eigenvalue weighted by atomic mass is 16.1. The van der Waals surface area contributed by atoms with Crippen LogP contribution in [-0.4, -0.2) is 44.4 Å². The van der Waals surface area contributed by atoms with E-state index in [9.17, 15) is 4.79 Å². The maximum atomic E-state index is 11.8. The average Bonchev–Trinajstić information content (AvgIpc) is 2.24. The van der Waals surface area contributed by atoms with Gasteiger partial charge in [0.15, 0.2) is 5.78 Å². The van der Waals surface area contributed by atoms with Gasteiger partial charge in [0.25, 0.3) is 0 Å². The molecule has 0 heterocycles. The third-order valence-corrected chi connectivity index (χ3v) is 2.20. The van der Waals surface area contributed by atoms with Crippen LogP contribution in [0.1, 0.15) is 13.8 Å². The maximum Gasteiger partial charge on any atom is 0.176 e. The molecular formula is C14H24N2O. The number of carbonyl (C=O) groups excluding carboxylic acids is 1. The van der Waals surface area contributed by atoms with Gasteiger partial charge in [0.05, 0.1) is 6.54 Å². The molecule has 17 heavy (non-hydrogen) atoms. The van der Waals surface area contributed by atoms with Crippen LogP contribution in [0.3, 0.4) is 0 Å². The van der Waals surface area contributed by atoms with Gasteiger partial charge in [-0.3, -0.25) is 4.79 Å². The largest absolute Gasteiger partial charge is 0.308 e. The molecule has 3 nitrogen and oxygen atoms in total. The Balaban J connectivity index is 4.07. The minimum Gasteiger partial charge on any atom is -0.308 e. The summed E-state index contributed by atoms with van der Waals surface area (Å²) in [5.74, 6) is 0.115. The van der Waals surface area contributed by atoms with Crippen LogP contribution in [0.25, 0.3) is 0 Å². The van der Waals surface area contributed by atoms with Gasteiger partial charge < -0.3 is 10.2 Å². The summed E-state index contributed by atoms with van der Waals surface area (Å²) in [6.07, 6.45) is 5.50. The van der Waals surface area contributed by atoms with E-state index in [1.54, 1.807) is 0 Å². The zero-order valence-electron chi connectivity index (χ0n) is 11.4. The molecule has 0 spiro atoms. The molecule has 0 aromatic carbocycles. The van der Waals surface area contributed by atoms with Crippen molar-refractivity contribution in [2.75, 3.05) is 33.7 Å². The molecule has 1 N–H and O–H groups in total. The molecule has 0 saturated heterocycles. The van der Waals surface area contributed by atoms with Crippen LogP contribution in [0.2, 0.25) is 0 Å². The molecular weight excluding hydrogens is 212 g/mol. The topological polar surface area (TPSA) is 32.3 Å². The fraction of sp³-hybridized carbons (Fsp3) is 0.500. The second kappa shape index (κ2) is 8.90. The van der Waals surface area contributed by atoms with Gasteiger partial charge in [-0.2, -0.15) is 0 Å². The number of nitrogens with one attached hydrogen (secondary N) is 1. The molecule has 96 valence electrons. The molecule has 0 aliphatic rings. The van der Waals surface area contributed by atoms with Crippen molar-refractivity contribution in [3.63, 3.8) is 0 Å². The van der Waals surface area contributed by atoms with Crippen LogP contribution in [0.5, 0.6) is 0 Å². The molecule has 3 heteroatoms. The number of hydrogen-bond donors (Lipinski definition) is 1. The lowest BCUT2D eigenvalue weighted by molar-refractivity contribution is -0.114. The predicted octanol–water partition coefficient (Wildman–Crippen LogP) is 1.79. The molecule has 0 aromatic rings. The summed E-state index contributed by atoms with van der Waals surface area (Å²) in [5, 5.41) is 3.13. The number of Topliss-reactive ketones (excluding diaryl/α,β-unsaturated/α-hetero) is 1. The van der Waals surface area contributed by atoms with Crippen LogP contribution < -0.4 is 5.32 Å². The summed E-state index contributed by atoms with van der Waals surface area (Å²) in [4.78, 5) is 13.9. The van der Waals surface area contributed by atoms with Crippen molar-refractivity contribution in [2.45, 2.75) is 13.8 Å². The summed E-state index contributed by atoms with van der Waals surface area (Å²) >= 11 is 0. The third kappa shape index (κ3) is 8.60. The van der Waals surface area contributed by atoms with E-state index < -0.39 is 0 Å². The molecule has 0 atom stereocenters. The SMILES string of the molecule is C=C(C)C=CC(=CC)C(=O)CNCCN(C)C. The number of carbonyl (C=O) groups is 1. The summed E-state index contributed by atoms with van der Waals surface area (Å²) < 4.78 is 0. The number of rotatable bonds is 8. The van der Waals surface area contributed by atoms with Gasteiger partial charge in [-0.15, -0.1) is 0 Å². The van der Waals surface area contributed by atoms with Crippen molar-refractivity contribution in [2.24, 2.45) is 0 Å². The number of likely N-dealkylation sites (N-methyl/N-ethyl adjacent to an activating group) is 1. The molecule has 0 unspecified atom stereocenters. The predicted molar refractivity (Wildman–Crippen MR) is 74.1 cm³/mol. The summed E-state index contributed by atoms with van der Waals surface area (Å²) in [7, 11) is 4.02. The van der Waals surface area contributed by atoms with E-state index in [2.05, 4.69) is 16.8 Å². The summed E-state index contributed by atoms with van der Waals surface area (Å²) in [6.45, 7) is 9.68. The quantitative estimate of drug-likeness (QED) is 0.396. The van der Waals surface area contributed by atoms with Crippen molar-refractivity contribution in [3.8, 4) is 0 Å². The lowest BCUT2D eigenvalue weighted by atomic mass is 10.1. The maximum absolute atomic E-state index is 11.8. The van der Waals surface area contributed by atoms with Crippen LogP contribution >= 0.6 is 0 Å². The first-order valence-corrected chi connectivity index (χ1v) is 5.86. The highest BCUT2D eigenvalue weighted by Gasteiger charge is 2.04. The van der Waals surface area contributed by atoms with Crippen molar-refractivity contribution in [3.05, 3.63) is 36.0 Å². The van der Waals surface area contributed by atoms with Crippen LogP contribution in [0, 0.1) is 0 Å². The molecule has 0 aliphatic heterocycles. The van der Waals surface area contributed by atoms with E-state index in [1.807, 2.05) is 46.2 Å². The van der Waals surface area contributed by atoms with Gasteiger partial charge in [0.1, 0.15) is 0 Å². The number of nitrogens with zero attached hydrogens (tertiary/aromatic N) is 1. The smallest absolute Gasteiger partial charge is 0.176 e. The Morgan fingerprint density at radius 2 is 2.00 bits per heavy atom. The summed E-state index contributed by atoms with van der Waals surface area (Å²) in [5.41, 5.74) is 1.67. The molecule has 0 saturated carbocycles. The standard InChI is InChI=1S/C14H24N2O/c1-6-13(8-7-12(2)3)14(17)11-15-9-10-16(4)5/h6-8,15H,2,9-11H2,1,3-5H3. The van der Waals surface area contributed by atoms with Gasteiger partial charge in [-0.1, -0.05) is 30.4 Å². The van der Waals surface area contributed by atoms with Crippen molar-refractivity contribution >= 4 is 5.78 Å². The zero-order chi connectivity index (χ0) is 13.3. The first-order valence-electron chi connectivity index (χ1n) is 5.86. The monoisotopic (exact) mass is 236 g/mol. The fourth-order valence-electron chi connectivity index (χ4n) is 1.19. The van der Waals surface area contributed by atoms with Crippen molar-refractivity contribution < 1.29 is 4.79 Å². The molecule has 0 fully saturated rings. The molecule has 0 rings (SSSR count). The first-order chi connectivity index (χ1) is 7.97. The number of ketones is 1. The van der Waals surface area contributed by atoms with Crippen molar-refractivity contribution in [1.29, 1.82) is 0 Å². The van der Waals surface area contributed by atoms with Gasteiger partial charge in [0, 0.05) is 18.7 Å². The number of hydrogen-bond acceptors (Lipinski definition) is 3. The minimum absolute atomic E-state index is 0.115. The third-order valence-electron chi connectivity index (χ3n) is 2.20. The average molecular weight is 236 g/mol. The first kappa shape index (κ1) is 15.8. The molecule has 0 aromatic heterocycles. The Bertz CT molecular complexity index is 314. The fourth-order valence-corrected chi connectivity index (χ4v) is 1.19. The second-order valence-corrected chi connectivity index (χ2v) is 4.33. The Hall–Kier alpha value is -1.19. The zero-order valence-corrected chi connectivity index (χ0v) is 11.4. The van der Waals surface area contributed by atoms with Crippen molar-refractivity contribution in [1.82, 2.24) is 10.2 Å². The summed E-state index contributed by atoms with van der Waals surface area (Å²) in [6, 6.07) is 0. The van der Waals surface area contributed by atoms with E-state index in [-0.39, 0.29) is 5.78 Å². The van der Waals surface area contributed by atoms with E-state index in [1.165, 1.54) is 0 Å². The lowest BCUT2D eigenvalue weighted by Gasteiger charge is -2.10. The Labute approximate surface area is 105 Å². The van der Waals surface area contributed by atoms with Crippen LogP contribution in [-0.2, 0) is 4.79 Å². The Kier molecular flexibility index (Phi) is 8.28. The lowest BCUT2D eigenvalue weighted by Crippen LogP contribution is -2.30. The van der Waals surface area contributed by atoms with E-state index in [0.717, 1.165) is 24.2 Å². The normalized spacial score (nSPS) is 12.4. The Morgan fingerprint density at radius 1 is 1.35 bits per heavy atom. The highest BCUT2D eigenvalue weighted by Crippen LogP contribution is 2.01. The molecule has 0 radical (unpaired) electrons. The molecule has 0 amide bonds. The highest BCUT2D eigenvalue weighted by molar-refractivity contribution is 5.99. The van der Waals surface area contributed by atoms with E-state index >= 15 is 0 Å². The van der Waals surface area contributed by atoms with Crippen LogP contribution in [0.15, 0.2) is 36.0 Å². The molecule has 0 aliphatic carbocycles. The van der Waals surface area contributed by atoms with Gasteiger partial charge >= 0.3 is 0 Å².